The number of carbonyl (C=O) groups excluding carboxylic acids is 1. The van der Waals surface area contributed by atoms with Gasteiger partial charge in [0, 0.05) is 24.5 Å². The van der Waals surface area contributed by atoms with Crippen LogP contribution in [0.4, 0.5) is 5.69 Å². The van der Waals surface area contributed by atoms with Crippen molar-refractivity contribution in [3.05, 3.63) is 65.2 Å². The van der Waals surface area contributed by atoms with E-state index in [2.05, 4.69) is 10.1 Å². The van der Waals surface area contributed by atoms with Gasteiger partial charge in [-0.05, 0) is 31.5 Å². The molecule has 2 aromatic heterocycles. The molecular weight excluding hydrogens is 422 g/mol. The Bertz CT molecular complexity index is 1280. The van der Waals surface area contributed by atoms with Gasteiger partial charge in [0.05, 0.1) is 36.2 Å². The quantitative estimate of drug-likeness (QED) is 0.402. The second-order valence-electron chi connectivity index (χ2n) is 7.72. The zero-order chi connectivity index (χ0) is 23.5. The fraction of sp³-hybridized carbons (Fsp3) is 0.240. The zero-order valence-corrected chi connectivity index (χ0v) is 19.0. The van der Waals surface area contributed by atoms with Gasteiger partial charge >= 0.3 is 0 Å². The Hall–Kier alpha value is -3.91. The van der Waals surface area contributed by atoms with Crippen LogP contribution in [0.1, 0.15) is 22.7 Å². The van der Waals surface area contributed by atoms with Crippen molar-refractivity contribution in [1.82, 2.24) is 10.1 Å². The average molecular weight is 447 g/mol. The minimum Gasteiger partial charge on any atom is -0.496 e. The molecule has 8 heteroatoms. The highest BCUT2D eigenvalue weighted by atomic mass is 16.5. The number of benzene rings is 2. The lowest BCUT2D eigenvalue weighted by atomic mass is 9.99. The molecular formula is C25H25N3O5. The molecule has 2 heterocycles. The van der Waals surface area contributed by atoms with Crippen LogP contribution in [0.5, 0.6) is 11.5 Å². The van der Waals surface area contributed by atoms with Crippen LogP contribution in [0.3, 0.4) is 0 Å². The number of ether oxygens (including phenoxy) is 2. The highest BCUT2D eigenvalue weighted by molar-refractivity contribution is 6.00. The van der Waals surface area contributed by atoms with Gasteiger partial charge in [-0.2, -0.15) is 0 Å². The molecule has 2 aromatic carbocycles. The van der Waals surface area contributed by atoms with Crippen LogP contribution in [0.15, 0.2) is 47.0 Å². The fourth-order valence-corrected chi connectivity index (χ4v) is 4.13. The van der Waals surface area contributed by atoms with Gasteiger partial charge in [-0.25, -0.2) is 4.98 Å². The number of aromatic nitrogens is 2. The van der Waals surface area contributed by atoms with Gasteiger partial charge in [0.1, 0.15) is 17.2 Å². The number of carbonyl (C=O) groups is 1. The van der Waals surface area contributed by atoms with Crippen LogP contribution in [0.25, 0.3) is 22.0 Å². The minimum absolute atomic E-state index is 0.213. The minimum atomic E-state index is -0.391. The first kappa shape index (κ1) is 22.3. The van der Waals surface area contributed by atoms with E-state index in [4.69, 9.17) is 14.0 Å². The second kappa shape index (κ2) is 9.30. The summed E-state index contributed by atoms with van der Waals surface area (Å²) >= 11 is 0. The van der Waals surface area contributed by atoms with Gasteiger partial charge in [0.15, 0.2) is 5.75 Å². The molecule has 33 heavy (non-hydrogen) atoms. The van der Waals surface area contributed by atoms with E-state index in [0.29, 0.717) is 35.7 Å². The molecule has 1 N–H and O–H groups in total. The molecule has 0 bridgehead atoms. The van der Waals surface area contributed by atoms with Gasteiger partial charge in [0.25, 0.3) is 6.47 Å². The number of aliphatic hydroxyl groups excluding tert-OH is 1. The van der Waals surface area contributed by atoms with Gasteiger partial charge in [0.2, 0.25) is 0 Å². The van der Waals surface area contributed by atoms with Crippen molar-refractivity contribution in [3.63, 3.8) is 0 Å². The molecule has 170 valence electrons. The van der Waals surface area contributed by atoms with E-state index in [0.717, 1.165) is 27.8 Å². The van der Waals surface area contributed by atoms with Crippen molar-refractivity contribution in [2.24, 2.45) is 0 Å². The van der Waals surface area contributed by atoms with E-state index >= 15 is 0 Å². The van der Waals surface area contributed by atoms with Gasteiger partial charge in [-0.3, -0.25) is 4.79 Å². The molecule has 0 aliphatic heterocycles. The van der Waals surface area contributed by atoms with Crippen LogP contribution in [0, 0.1) is 13.8 Å². The second-order valence-corrected chi connectivity index (χ2v) is 7.72. The third-order valence-corrected chi connectivity index (χ3v) is 5.57. The van der Waals surface area contributed by atoms with Crippen LogP contribution in [0.2, 0.25) is 0 Å². The fourth-order valence-electron chi connectivity index (χ4n) is 4.13. The first-order valence-corrected chi connectivity index (χ1v) is 10.4. The number of aliphatic hydroxyl groups is 1. The molecule has 0 radical (unpaired) electrons. The summed E-state index contributed by atoms with van der Waals surface area (Å²) < 4.78 is 16.4. The summed E-state index contributed by atoms with van der Waals surface area (Å²) in [6.45, 7) is 4.21. The van der Waals surface area contributed by atoms with Crippen molar-refractivity contribution in [3.8, 4) is 22.6 Å². The largest absolute Gasteiger partial charge is 0.496 e. The molecule has 0 spiro atoms. The monoisotopic (exact) mass is 447 g/mol. The molecule has 8 nitrogen and oxygen atoms in total. The van der Waals surface area contributed by atoms with Crippen LogP contribution in [-0.4, -0.2) is 35.9 Å². The first-order chi connectivity index (χ1) is 16.0. The molecule has 4 aromatic rings. The van der Waals surface area contributed by atoms with Gasteiger partial charge in [-0.1, -0.05) is 35.5 Å². The summed E-state index contributed by atoms with van der Waals surface area (Å²) in [4.78, 5) is 17.9. The van der Waals surface area contributed by atoms with E-state index in [-0.39, 0.29) is 11.4 Å². The Kier molecular flexibility index (Phi) is 6.28. The topological polar surface area (TPSA) is 97.9 Å². The van der Waals surface area contributed by atoms with E-state index in [1.807, 2.05) is 68.3 Å². The zero-order valence-electron chi connectivity index (χ0n) is 19.0. The number of rotatable bonds is 8. The predicted molar refractivity (Wildman–Crippen MR) is 124 cm³/mol. The molecule has 0 unspecified atom stereocenters. The maximum atomic E-state index is 11.3. The summed E-state index contributed by atoms with van der Waals surface area (Å²) in [6, 6.07) is 13.7. The van der Waals surface area contributed by atoms with Gasteiger partial charge < -0.3 is 24.0 Å². The van der Waals surface area contributed by atoms with Crippen LogP contribution < -0.4 is 14.4 Å². The Morgan fingerprint density at radius 2 is 1.94 bits per heavy atom. The summed E-state index contributed by atoms with van der Waals surface area (Å²) in [5.41, 5.74) is 4.92. The number of pyridine rings is 1. The molecule has 0 atom stereocenters. The average Bonchev–Trinajstić information content (AvgIpc) is 3.16. The van der Waals surface area contributed by atoms with Crippen molar-refractivity contribution < 1.29 is 23.9 Å². The van der Waals surface area contributed by atoms with Crippen LogP contribution in [-0.2, 0) is 17.9 Å². The molecule has 0 aliphatic rings. The highest BCUT2D eigenvalue weighted by Crippen LogP contribution is 2.44. The van der Waals surface area contributed by atoms with E-state index < -0.39 is 6.61 Å². The number of hydrogen-bond donors (Lipinski definition) is 1. The van der Waals surface area contributed by atoms with E-state index in [1.165, 1.54) is 0 Å². The van der Waals surface area contributed by atoms with E-state index in [9.17, 15) is 9.90 Å². The number of nitrogens with zero attached hydrogens (tertiary/aromatic N) is 3. The Balaban J connectivity index is 1.99. The molecule has 4 rings (SSSR count). The van der Waals surface area contributed by atoms with Crippen molar-refractivity contribution in [1.29, 1.82) is 0 Å². The van der Waals surface area contributed by atoms with Crippen LogP contribution >= 0.6 is 0 Å². The standard InChI is InChI=1S/C25H25N3O5/c1-15-23(16(2)33-27-15)19-10-20-18(11-22(19)31-4)24(25(32-14-30)21(13-29)26-20)28(3)12-17-8-6-5-7-9-17/h5-11,14,29H,12-13H2,1-4H3. The maximum absolute atomic E-state index is 11.3. The Morgan fingerprint density at radius 1 is 1.18 bits per heavy atom. The lowest BCUT2D eigenvalue weighted by molar-refractivity contribution is -0.120. The number of methoxy groups -OCH3 is 1. The third-order valence-electron chi connectivity index (χ3n) is 5.57. The molecule has 0 amide bonds. The molecule has 0 aliphatic carbocycles. The molecule has 0 fully saturated rings. The third kappa shape index (κ3) is 4.12. The smallest absolute Gasteiger partial charge is 0.298 e. The predicted octanol–water partition coefficient (Wildman–Crippen LogP) is 4.18. The van der Waals surface area contributed by atoms with Crippen molar-refractivity contribution >= 4 is 23.1 Å². The summed E-state index contributed by atoms with van der Waals surface area (Å²) in [5.74, 6) is 1.47. The Labute approximate surface area is 191 Å². The summed E-state index contributed by atoms with van der Waals surface area (Å²) in [7, 11) is 3.49. The van der Waals surface area contributed by atoms with E-state index in [1.54, 1.807) is 7.11 Å². The van der Waals surface area contributed by atoms with Crippen molar-refractivity contribution in [2.45, 2.75) is 27.0 Å². The maximum Gasteiger partial charge on any atom is 0.298 e. The van der Waals surface area contributed by atoms with Crippen molar-refractivity contribution in [2.75, 3.05) is 19.1 Å². The lowest BCUT2D eigenvalue weighted by Crippen LogP contribution is -2.19. The summed E-state index contributed by atoms with van der Waals surface area (Å²) in [6.07, 6.45) is 0. The molecule has 0 saturated heterocycles. The normalized spacial score (nSPS) is 10.9. The summed E-state index contributed by atoms with van der Waals surface area (Å²) in [5, 5.41) is 14.8. The Morgan fingerprint density at radius 3 is 2.55 bits per heavy atom. The number of fused-ring (bicyclic) bond motifs is 1. The highest BCUT2D eigenvalue weighted by Gasteiger charge is 2.24. The number of anilines is 1. The first-order valence-electron chi connectivity index (χ1n) is 10.4. The number of hydrogen-bond acceptors (Lipinski definition) is 8. The van der Waals surface area contributed by atoms with Gasteiger partial charge in [-0.15, -0.1) is 0 Å². The SMILES string of the molecule is COc1cc2c(N(C)Cc3ccccc3)c(OC=O)c(CO)nc2cc1-c1c(C)noc1C. The number of aryl methyl sites for hydroxylation is 2. The lowest BCUT2D eigenvalue weighted by Gasteiger charge is -2.25. The molecule has 0 saturated carbocycles.